The van der Waals surface area contributed by atoms with E-state index in [4.69, 9.17) is 11.5 Å². The second-order valence-electron chi connectivity index (χ2n) is 7.54. The number of hydrogen-bond acceptors (Lipinski definition) is 5. The van der Waals surface area contributed by atoms with E-state index in [1.807, 2.05) is 66.7 Å². The number of nitrogens with zero attached hydrogens (tertiary/aromatic N) is 2. The fourth-order valence-electron chi connectivity index (χ4n) is 3.58. The molecule has 0 atom stereocenters. The summed E-state index contributed by atoms with van der Waals surface area (Å²) in [4.78, 5) is 32.5. The molecule has 0 spiro atoms. The zero-order chi connectivity index (χ0) is 23.2. The van der Waals surface area contributed by atoms with Gasteiger partial charge in [-0.05, 0) is 34.4 Å². The Hall–Kier alpha value is -4.52. The van der Waals surface area contributed by atoms with Crippen molar-refractivity contribution < 1.29 is 9.59 Å². The summed E-state index contributed by atoms with van der Waals surface area (Å²) in [5, 5.41) is 3.00. The van der Waals surface area contributed by atoms with Crippen molar-refractivity contribution in [3.63, 3.8) is 0 Å². The van der Waals surface area contributed by atoms with Crippen LogP contribution in [-0.2, 0) is 13.0 Å². The van der Waals surface area contributed by atoms with Gasteiger partial charge >= 0.3 is 0 Å². The first-order valence-corrected chi connectivity index (χ1v) is 10.4. The van der Waals surface area contributed by atoms with Gasteiger partial charge in [0.15, 0.2) is 11.5 Å². The summed E-state index contributed by atoms with van der Waals surface area (Å²) >= 11 is 0. The maximum absolute atomic E-state index is 12.8. The van der Waals surface area contributed by atoms with E-state index < -0.39 is 5.91 Å². The Morgan fingerprint density at radius 1 is 0.909 bits per heavy atom. The largest absolute Gasteiger partial charge is 0.382 e. The van der Waals surface area contributed by atoms with Crippen molar-refractivity contribution in [3.8, 4) is 11.1 Å². The van der Waals surface area contributed by atoms with Crippen LogP contribution in [0.1, 0.15) is 37.7 Å². The Bertz CT molecular complexity index is 1310. The van der Waals surface area contributed by atoms with E-state index in [1.165, 1.54) is 6.20 Å². The molecule has 4 aromatic rings. The lowest BCUT2D eigenvalue weighted by Gasteiger charge is -2.12. The van der Waals surface area contributed by atoms with Crippen molar-refractivity contribution >= 4 is 17.6 Å². The van der Waals surface area contributed by atoms with Gasteiger partial charge in [-0.2, -0.15) is 0 Å². The second kappa shape index (κ2) is 9.74. The fraction of sp³-hybridized carbons (Fsp3) is 0.0769. The monoisotopic (exact) mass is 437 g/mol. The molecule has 0 aliphatic rings. The number of hydrogen-bond donors (Lipinski definition) is 3. The Balaban J connectivity index is 1.47. The van der Waals surface area contributed by atoms with Gasteiger partial charge in [-0.25, -0.2) is 9.97 Å². The highest BCUT2D eigenvalue weighted by Gasteiger charge is 2.12. The number of nitrogen functional groups attached to an aromatic ring is 1. The highest BCUT2D eigenvalue weighted by molar-refractivity contribution is 5.95. The molecule has 7 heteroatoms. The van der Waals surface area contributed by atoms with Crippen molar-refractivity contribution in [1.82, 2.24) is 15.3 Å². The van der Waals surface area contributed by atoms with Gasteiger partial charge in [0.25, 0.3) is 11.8 Å². The van der Waals surface area contributed by atoms with E-state index in [0.29, 0.717) is 24.2 Å². The number of carbonyl (C=O) groups excluding carboxylic acids is 2. The number of nitrogens with one attached hydrogen (secondary N) is 1. The highest BCUT2D eigenvalue weighted by Crippen LogP contribution is 2.23. The molecule has 0 fully saturated rings. The zero-order valence-corrected chi connectivity index (χ0v) is 17.9. The van der Waals surface area contributed by atoms with Crippen molar-refractivity contribution in [2.75, 3.05) is 5.73 Å². The minimum Gasteiger partial charge on any atom is -0.382 e. The van der Waals surface area contributed by atoms with Crippen molar-refractivity contribution in [2.24, 2.45) is 5.73 Å². The summed E-state index contributed by atoms with van der Waals surface area (Å²) in [5.74, 6) is -0.915. The van der Waals surface area contributed by atoms with Crippen molar-refractivity contribution in [2.45, 2.75) is 13.0 Å². The van der Waals surface area contributed by atoms with Crippen LogP contribution in [0.5, 0.6) is 0 Å². The summed E-state index contributed by atoms with van der Waals surface area (Å²) in [7, 11) is 0. The third kappa shape index (κ3) is 5.22. The first kappa shape index (κ1) is 21.7. The van der Waals surface area contributed by atoms with Crippen LogP contribution in [0.3, 0.4) is 0 Å². The average Bonchev–Trinajstić information content (AvgIpc) is 2.84. The van der Waals surface area contributed by atoms with E-state index in [9.17, 15) is 9.59 Å². The van der Waals surface area contributed by atoms with Gasteiger partial charge in [0.1, 0.15) is 0 Å². The molecule has 4 rings (SSSR count). The van der Waals surface area contributed by atoms with Crippen LogP contribution in [-0.4, -0.2) is 21.8 Å². The third-order valence-corrected chi connectivity index (χ3v) is 5.20. The van der Waals surface area contributed by atoms with Gasteiger partial charge in [0, 0.05) is 18.5 Å². The summed E-state index contributed by atoms with van der Waals surface area (Å²) in [6.45, 7) is 0.402. The topological polar surface area (TPSA) is 124 Å². The molecular weight excluding hydrogens is 414 g/mol. The van der Waals surface area contributed by atoms with Gasteiger partial charge < -0.3 is 16.8 Å². The maximum Gasteiger partial charge on any atom is 0.271 e. The lowest BCUT2D eigenvalue weighted by Crippen LogP contribution is -2.23. The molecule has 0 saturated heterocycles. The van der Waals surface area contributed by atoms with Gasteiger partial charge in [-0.15, -0.1) is 0 Å². The lowest BCUT2D eigenvalue weighted by atomic mass is 9.99. The zero-order valence-electron chi connectivity index (χ0n) is 17.9. The molecule has 0 saturated carbocycles. The van der Waals surface area contributed by atoms with Crippen LogP contribution in [0, 0.1) is 0 Å². The number of nitrogens with two attached hydrogens (primary N) is 2. The van der Waals surface area contributed by atoms with Gasteiger partial charge in [0.2, 0.25) is 0 Å². The normalized spacial score (nSPS) is 10.5. The molecular formula is C26H23N5O2. The van der Waals surface area contributed by atoms with Crippen molar-refractivity contribution in [3.05, 3.63) is 113 Å². The van der Waals surface area contributed by atoms with E-state index in [2.05, 4.69) is 15.3 Å². The standard InChI is InChI=1S/C26H23N5O2/c27-24-23(25(28)32)31-21(16-29-24)14-17-7-6-11-19(13-17)26(33)30-15-20-10-4-5-12-22(20)18-8-2-1-3-9-18/h1-13,16H,14-15H2,(H2,27,29)(H2,28,32)(H,30,33). The number of anilines is 1. The maximum atomic E-state index is 12.8. The van der Waals surface area contributed by atoms with Crippen LogP contribution in [0.15, 0.2) is 85.1 Å². The number of carbonyl (C=O) groups is 2. The minimum absolute atomic E-state index is 0.00448. The Morgan fingerprint density at radius 2 is 1.67 bits per heavy atom. The highest BCUT2D eigenvalue weighted by atomic mass is 16.2. The quantitative estimate of drug-likeness (QED) is 0.409. The van der Waals surface area contributed by atoms with Crippen LogP contribution in [0.25, 0.3) is 11.1 Å². The van der Waals surface area contributed by atoms with Crippen LogP contribution in [0.4, 0.5) is 5.82 Å². The van der Waals surface area contributed by atoms with E-state index in [-0.39, 0.29) is 17.4 Å². The molecule has 7 nitrogen and oxygen atoms in total. The second-order valence-corrected chi connectivity index (χ2v) is 7.54. The predicted molar refractivity (Wildman–Crippen MR) is 127 cm³/mol. The van der Waals surface area contributed by atoms with Crippen LogP contribution < -0.4 is 16.8 Å². The van der Waals surface area contributed by atoms with Crippen LogP contribution >= 0.6 is 0 Å². The SMILES string of the molecule is NC(=O)c1nc(Cc2cccc(C(=O)NCc3ccccc3-c3ccccc3)c2)cnc1N. The molecule has 5 N–H and O–H groups in total. The molecule has 33 heavy (non-hydrogen) atoms. The first-order valence-electron chi connectivity index (χ1n) is 10.4. The summed E-state index contributed by atoms with van der Waals surface area (Å²) in [6.07, 6.45) is 1.88. The first-order chi connectivity index (χ1) is 16.0. The number of benzene rings is 3. The molecule has 0 aliphatic heterocycles. The number of rotatable bonds is 7. The number of primary amides is 1. The summed E-state index contributed by atoms with van der Waals surface area (Å²) in [5.41, 5.74) is 16.0. The van der Waals surface area contributed by atoms with E-state index >= 15 is 0 Å². The Morgan fingerprint density at radius 3 is 2.45 bits per heavy atom. The number of aromatic nitrogens is 2. The molecule has 0 radical (unpaired) electrons. The summed E-state index contributed by atoms with van der Waals surface area (Å²) in [6, 6.07) is 25.3. The molecule has 2 amide bonds. The van der Waals surface area contributed by atoms with Gasteiger partial charge in [-0.1, -0.05) is 66.7 Å². The summed E-state index contributed by atoms with van der Waals surface area (Å²) < 4.78 is 0. The molecule has 1 heterocycles. The van der Waals surface area contributed by atoms with E-state index in [1.54, 1.807) is 12.1 Å². The minimum atomic E-state index is -0.731. The Labute approximate surface area is 191 Å². The smallest absolute Gasteiger partial charge is 0.271 e. The van der Waals surface area contributed by atoms with Gasteiger partial charge in [-0.3, -0.25) is 9.59 Å². The van der Waals surface area contributed by atoms with Crippen LogP contribution in [0.2, 0.25) is 0 Å². The Kier molecular flexibility index (Phi) is 6.40. The third-order valence-electron chi connectivity index (χ3n) is 5.20. The lowest BCUT2D eigenvalue weighted by molar-refractivity contribution is 0.0949. The molecule has 1 aromatic heterocycles. The van der Waals surface area contributed by atoms with Gasteiger partial charge in [0.05, 0.1) is 11.9 Å². The predicted octanol–water partition coefficient (Wildman–Crippen LogP) is 3.35. The molecule has 0 unspecified atom stereocenters. The average molecular weight is 438 g/mol. The fourth-order valence-corrected chi connectivity index (χ4v) is 3.58. The van der Waals surface area contributed by atoms with Crippen molar-refractivity contribution in [1.29, 1.82) is 0 Å². The molecule has 3 aromatic carbocycles. The van der Waals surface area contributed by atoms with E-state index in [0.717, 1.165) is 22.3 Å². The molecule has 0 aliphatic carbocycles. The number of amides is 2. The molecule has 164 valence electrons. The molecule has 0 bridgehead atoms.